The first kappa shape index (κ1) is 19.7. The van der Waals surface area contributed by atoms with E-state index in [1.165, 1.54) is 11.3 Å². The lowest BCUT2D eigenvalue weighted by molar-refractivity contribution is 0.0383. The van der Waals surface area contributed by atoms with Gasteiger partial charge in [-0.15, -0.1) is 11.3 Å². The summed E-state index contributed by atoms with van der Waals surface area (Å²) in [5, 5.41) is 5.71. The van der Waals surface area contributed by atoms with Gasteiger partial charge in [-0.1, -0.05) is 30.3 Å². The lowest BCUT2D eigenvalue weighted by Gasteiger charge is -2.26. The molecule has 0 radical (unpaired) electrons. The normalized spacial score (nSPS) is 14.8. The van der Waals surface area contributed by atoms with Crippen molar-refractivity contribution in [2.45, 2.75) is 6.92 Å². The predicted molar refractivity (Wildman–Crippen MR) is 115 cm³/mol. The fourth-order valence-corrected chi connectivity index (χ4v) is 4.49. The minimum Gasteiger partial charge on any atom is -0.379 e. The summed E-state index contributed by atoms with van der Waals surface area (Å²) in [4.78, 5) is 31.4. The highest BCUT2D eigenvalue weighted by Gasteiger charge is 2.17. The van der Waals surface area contributed by atoms with Crippen molar-refractivity contribution in [2.75, 3.05) is 39.4 Å². The molecule has 1 fully saturated rings. The number of aromatic nitrogens is 1. The quantitative estimate of drug-likeness (QED) is 0.634. The molecule has 1 saturated heterocycles. The lowest BCUT2D eigenvalue weighted by atomic mass is 10.0. The summed E-state index contributed by atoms with van der Waals surface area (Å²) in [6, 6.07) is 11.6. The minimum absolute atomic E-state index is 0.0801. The van der Waals surface area contributed by atoms with Crippen LogP contribution in [0.4, 0.5) is 0 Å². The van der Waals surface area contributed by atoms with Gasteiger partial charge in [0.2, 0.25) is 0 Å². The molecule has 0 aliphatic carbocycles. The number of carbonyl (C=O) groups excluding carboxylic acids is 2. The van der Waals surface area contributed by atoms with E-state index in [9.17, 15) is 9.59 Å². The number of hydrogen-bond donors (Lipinski definition) is 1. The van der Waals surface area contributed by atoms with Gasteiger partial charge in [0, 0.05) is 37.3 Å². The highest BCUT2D eigenvalue weighted by atomic mass is 32.1. The fourth-order valence-electron chi connectivity index (χ4n) is 3.51. The Labute approximate surface area is 173 Å². The highest BCUT2D eigenvalue weighted by Crippen LogP contribution is 2.31. The smallest absolute Gasteiger partial charge is 0.263 e. The van der Waals surface area contributed by atoms with Crippen molar-refractivity contribution >= 4 is 34.3 Å². The number of benzene rings is 2. The first-order valence-electron chi connectivity index (χ1n) is 9.70. The summed E-state index contributed by atoms with van der Waals surface area (Å²) in [5.41, 5.74) is 2.35. The van der Waals surface area contributed by atoms with Gasteiger partial charge in [0.1, 0.15) is 9.88 Å². The van der Waals surface area contributed by atoms with Crippen molar-refractivity contribution < 1.29 is 14.3 Å². The SMILES string of the molecule is Cc1nc(-c2ccc3c(C=O)cccc3c2)sc1C(=O)NCCN1CCOCC1. The molecule has 0 saturated carbocycles. The second-order valence-corrected chi connectivity index (χ2v) is 8.04. The van der Waals surface area contributed by atoms with E-state index in [0.29, 0.717) is 17.0 Å². The molecule has 6 nitrogen and oxygen atoms in total. The summed E-state index contributed by atoms with van der Waals surface area (Å²) >= 11 is 1.40. The number of carbonyl (C=O) groups is 2. The van der Waals surface area contributed by atoms with Gasteiger partial charge in [-0.2, -0.15) is 0 Å². The molecule has 150 valence electrons. The van der Waals surface area contributed by atoms with Crippen LogP contribution in [-0.2, 0) is 4.74 Å². The Morgan fingerprint density at radius 3 is 2.90 bits per heavy atom. The van der Waals surface area contributed by atoms with Gasteiger partial charge >= 0.3 is 0 Å². The van der Waals surface area contributed by atoms with Crippen LogP contribution >= 0.6 is 11.3 Å². The third kappa shape index (κ3) is 4.37. The van der Waals surface area contributed by atoms with Gasteiger partial charge in [-0.3, -0.25) is 14.5 Å². The Morgan fingerprint density at radius 2 is 2.10 bits per heavy atom. The van der Waals surface area contributed by atoms with Crippen LogP contribution in [0.1, 0.15) is 25.7 Å². The van der Waals surface area contributed by atoms with Crippen molar-refractivity contribution in [1.29, 1.82) is 0 Å². The maximum Gasteiger partial charge on any atom is 0.263 e. The summed E-state index contributed by atoms with van der Waals surface area (Å²) in [6.45, 7) is 6.62. The topological polar surface area (TPSA) is 71.5 Å². The molecule has 3 aromatic rings. The summed E-state index contributed by atoms with van der Waals surface area (Å²) in [5.74, 6) is -0.0801. The van der Waals surface area contributed by atoms with Crippen molar-refractivity contribution in [1.82, 2.24) is 15.2 Å². The third-order valence-corrected chi connectivity index (χ3v) is 6.31. The van der Waals surface area contributed by atoms with Gasteiger partial charge in [0.15, 0.2) is 6.29 Å². The third-order valence-electron chi connectivity index (χ3n) is 5.11. The predicted octanol–water partition coefficient (Wildman–Crippen LogP) is 3.15. The number of aldehydes is 1. The van der Waals surface area contributed by atoms with Crippen LogP contribution in [0.15, 0.2) is 36.4 Å². The van der Waals surface area contributed by atoms with Gasteiger partial charge in [-0.25, -0.2) is 4.98 Å². The maximum absolute atomic E-state index is 12.6. The van der Waals surface area contributed by atoms with E-state index < -0.39 is 0 Å². The van der Waals surface area contributed by atoms with Crippen LogP contribution in [0.5, 0.6) is 0 Å². The average Bonchev–Trinajstić information content (AvgIpc) is 3.15. The number of nitrogens with zero attached hydrogens (tertiary/aromatic N) is 2. The molecule has 1 aromatic heterocycles. The number of rotatable bonds is 6. The standard InChI is InChI=1S/C22H23N3O3S/c1-15-20(21(27)23-7-8-25-9-11-28-12-10-25)29-22(24-15)17-5-6-19-16(13-17)3-2-4-18(19)14-26/h2-6,13-14H,7-12H2,1H3,(H,23,27). The minimum atomic E-state index is -0.0801. The van der Waals surface area contributed by atoms with Crippen LogP contribution in [0.2, 0.25) is 0 Å². The van der Waals surface area contributed by atoms with Crippen LogP contribution in [-0.4, -0.2) is 61.5 Å². The highest BCUT2D eigenvalue weighted by molar-refractivity contribution is 7.17. The maximum atomic E-state index is 12.6. The Bertz CT molecular complexity index is 1040. The number of morpholine rings is 1. The molecule has 1 N–H and O–H groups in total. The summed E-state index contributed by atoms with van der Waals surface area (Å²) < 4.78 is 5.34. The summed E-state index contributed by atoms with van der Waals surface area (Å²) in [6.07, 6.45) is 0.870. The van der Waals surface area contributed by atoms with Crippen molar-refractivity contribution in [3.63, 3.8) is 0 Å². The van der Waals surface area contributed by atoms with E-state index in [1.807, 2.05) is 43.3 Å². The zero-order chi connectivity index (χ0) is 20.2. The molecule has 0 spiro atoms. The van der Waals surface area contributed by atoms with Gasteiger partial charge < -0.3 is 10.1 Å². The number of ether oxygens (including phenoxy) is 1. The van der Waals surface area contributed by atoms with E-state index in [-0.39, 0.29) is 5.91 Å². The molecule has 2 heterocycles. The monoisotopic (exact) mass is 409 g/mol. The van der Waals surface area contributed by atoms with E-state index in [1.54, 1.807) is 0 Å². The van der Waals surface area contributed by atoms with Crippen molar-refractivity contribution in [3.8, 4) is 10.6 Å². The van der Waals surface area contributed by atoms with Gasteiger partial charge in [-0.05, 0) is 23.8 Å². The molecule has 1 aliphatic heterocycles. The van der Waals surface area contributed by atoms with E-state index in [0.717, 1.165) is 66.2 Å². The Hall–Kier alpha value is -2.61. The van der Waals surface area contributed by atoms with E-state index in [2.05, 4.69) is 15.2 Å². The average molecular weight is 410 g/mol. The molecular weight excluding hydrogens is 386 g/mol. The number of thiazole rings is 1. The van der Waals surface area contributed by atoms with Crippen LogP contribution in [0.25, 0.3) is 21.3 Å². The molecule has 2 aromatic carbocycles. The van der Waals surface area contributed by atoms with Gasteiger partial charge in [0.05, 0.1) is 18.9 Å². The molecular formula is C22H23N3O3S. The largest absolute Gasteiger partial charge is 0.379 e. The molecule has 29 heavy (non-hydrogen) atoms. The number of amides is 1. The molecule has 1 aliphatic rings. The van der Waals surface area contributed by atoms with Crippen LogP contribution in [0, 0.1) is 6.92 Å². The second kappa shape index (κ2) is 8.82. The number of nitrogens with one attached hydrogen (secondary N) is 1. The molecule has 7 heteroatoms. The molecule has 0 unspecified atom stereocenters. The second-order valence-electron chi connectivity index (χ2n) is 7.04. The Morgan fingerprint density at radius 1 is 1.28 bits per heavy atom. The van der Waals surface area contributed by atoms with E-state index in [4.69, 9.17) is 4.74 Å². The molecule has 0 atom stereocenters. The van der Waals surface area contributed by atoms with Crippen LogP contribution < -0.4 is 5.32 Å². The molecule has 1 amide bonds. The van der Waals surface area contributed by atoms with Crippen molar-refractivity contribution in [2.24, 2.45) is 0 Å². The lowest BCUT2D eigenvalue weighted by Crippen LogP contribution is -2.41. The number of fused-ring (bicyclic) bond motifs is 1. The Kier molecular flexibility index (Phi) is 5.99. The first-order chi connectivity index (χ1) is 14.2. The zero-order valence-electron chi connectivity index (χ0n) is 16.3. The Balaban J connectivity index is 1.47. The van der Waals surface area contributed by atoms with Crippen LogP contribution in [0.3, 0.4) is 0 Å². The van der Waals surface area contributed by atoms with Gasteiger partial charge in [0.25, 0.3) is 5.91 Å². The summed E-state index contributed by atoms with van der Waals surface area (Å²) in [7, 11) is 0. The fraction of sp³-hybridized carbons (Fsp3) is 0.318. The molecule has 0 bridgehead atoms. The van der Waals surface area contributed by atoms with Crippen molar-refractivity contribution in [3.05, 3.63) is 52.5 Å². The van der Waals surface area contributed by atoms with E-state index >= 15 is 0 Å². The molecule has 4 rings (SSSR count). The number of hydrogen-bond acceptors (Lipinski definition) is 6. The number of aryl methyl sites for hydroxylation is 1. The first-order valence-corrected chi connectivity index (χ1v) is 10.5. The zero-order valence-corrected chi connectivity index (χ0v) is 17.1.